The summed E-state index contributed by atoms with van der Waals surface area (Å²) in [4.78, 5) is 10.8. The molecule has 4 nitrogen and oxygen atoms in total. The molecule has 2 aliphatic rings. The SMILES string of the molecule is O=C(O)C1CC(CC2CCCNC2)CN1. The summed E-state index contributed by atoms with van der Waals surface area (Å²) in [6.07, 6.45) is 4.57. The Morgan fingerprint density at radius 3 is 2.80 bits per heavy atom. The minimum absolute atomic E-state index is 0.299. The summed E-state index contributed by atoms with van der Waals surface area (Å²) in [5.74, 6) is 0.633. The Morgan fingerprint density at radius 1 is 1.33 bits per heavy atom. The molecule has 4 heteroatoms. The predicted molar refractivity (Wildman–Crippen MR) is 57.7 cm³/mol. The van der Waals surface area contributed by atoms with Crippen LogP contribution in [0.4, 0.5) is 0 Å². The van der Waals surface area contributed by atoms with Crippen molar-refractivity contribution in [2.24, 2.45) is 11.8 Å². The van der Waals surface area contributed by atoms with Gasteiger partial charge in [0.15, 0.2) is 0 Å². The van der Waals surface area contributed by atoms with Gasteiger partial charge in [-0.3, -0.25) is 4.79 Å². The van der Waals surface area contributed by atoms with Crippen molar-refractivity contribution in [1.29, 1.82) is 0 Å². The third-order valence-corrected chi connectivity index (χ3v) is 3.59. The van der Waals surface area contributed by atoms with E-state index in [0.29, 0.717) is 5.92 Å². The van der Waals surface area contributed by atoms with E-state index in [4.69, 9.17) is 5.11 Å². The van der Waals surface area contributed by atoms with E-state index < -0.39 is 5.97 Å². The van der Waals surface area contributed by atoms with Crippen molar-refractivity contribution in [3.8, 4) is 0 Å². The highest BCUT2D eigenvalue weighted by atomic mass is 16.4. The normalized spacial score (nSPS) is 36.7. The lowest BCUT2D eigenvalue weighted by Crippen LogP contribution is -2.31. The van der Waals surface area contributed by atoms with Gasteiger partial charge in [-0.25, -0.2) is 0 Å². The first-order chi connectivity index (χ1) is 7.25. The van der Waals surface area contributed by atoms with Gasteiger partial charge in [-0.15, -0.1) is 0 Å². The third kappa shape index (κ3) is 2.92. The van der Waals surface area contributed by atoms with Gasteiger partial charge in [-0.1, -0.05) is 0 Å². The highest BCUT2D eigenvalue weighted by Gasteiger charge is 2.30. The molecule has 0 aromatic carbocycles. The van der Waals surface area contributed by atoms with E-state index in [1.807, 2.05) is 0 Å². The van der Waals surface area contributed by atoms with Gasteiger partial charge in [-0.05, 0) is 57.2 Å². The van der Waals surface area contributed by atoms with Crippen LogP contribution in [-0.4, -0.2) is 36.8 Å². The Morgan fingerprint density at radius 2 is 2.20 bits per heavy atom. The van der Waals surface area contributed by atoms with E-state index in [1.54, 1.807) is 0 Å². The summed E-state index contributed by atoms with van der Waals surface area (Å²) in [5, 5.41) is 15.3. The van der Waals surface area contributed by atoms with Crippen LogP contribution in [0.1, 0.15) is 25.7 Å². The van der Waals surface area contributed by atoms with Crippen LogP contribution in [0.15, 0.2) is 0 Å². The van der Waals surface area contributed by atoms with Gasteiger partial charge in [0.2, 0.25) is 0 Å². The summed E-state index contributed by atoms with van der Waals surface area (Å²) in [5.41, 5.74) is 0. The van der Waals surface area contributed by atoms with Crippen molar-refractivity contribution in [3.05, 3.63) is 0 Å². The van der Waals surface area contributed by atoms with Crippen LogP contribution in [-0.2, 0) is 4.79 Å². The van der Waals surface area contributed by atoms with E-state index in [2.05, 4.69) is 10.6 Å². The van der Waals surface area contributed by atoms with Crippen molar-refractivity contribution in [3.63, 3.8) is 0 Å². The van der Waals surface area contributed by atoms with Gasteiger partial charge >= 0.3 is 5.97 Å². The van der Waals surface area contributed by atoms with E-state index in [-0.39, 0.29) is 6.04 Å². The molecule has 15 heavy (non-hydrogen) atoms. The molecule has 2 saturated heterocycles. The fourth-order valence-corrected chi connectivity index (χ4v) is 2.77. The summed E-state index contributed by atoms with van der Waals surface area (Å²) in [6, 6.07) is -0.299. The lowest BCUT2D eigenvalue weighted by atomic mass is 9.88. The number of rotatable bonds is 3. The molecule has 2 aliphatic heterocycles. The van der Waals surface area contributed by atoms with Crippen LogP contribution < -0.4 is 10.6 Å². The first kappa shape index (κ1) is 10.9. The average Bonchev–Trinajstić information content (AvgIpc) is 2.68. The minimum atomic E-state index is -0.695. The predicted octanol–water partition coefficient (Wildman–Crippen LogP) is 0.439. The molecular formula is C11H20N2O2. The summed E-state index contributed by atoms with van der Waals surface area (Å²) in [6.45, 7) is 3.15. The number of nitrogens with one attached hydrogen (secondary N) is 2. The summed E-state index contributed by atoms with van der Waals surface area (Å²) >= 11 is 0. The topological polar surface area (TPSA) is 61.4 Å². The second-order valence-corrected chi connectivity index (χ2v) is 4.85. The van der Waals surface area contributed by atoms with Gasteiger partial charge in [0.1, 0.15) is 6.04 Å². The summed E-state index contributed by atoms with van der Waals surface area (Å²) < 4.78 is 0. The van der Waals surface area contributed by atoms with Crippen LogP contribution >= 0.6 is 0 Å². The van der Waals surface area contributed by atoms with Gasteiger partial charge in [0.05, 0.1) is 0 Å². The van der Waals surface area contributed by atoms with Crippen molar-refractivity contribution in [2.75, 3.05) is 19.6 Å². The quantitative estimate of drug-likeness (QED) is 0.635. The van der Waals surface area contributed by atoms with E-state index in [9.17, 15) is 4.79 Å². The number of carbonyl (C=O) groups is 1. The Labute approximate surface area is 90.4 Å². The van der Waals surface area contributed by atoms with E-state index in [1.165, 1.54) is 19.3 Å². The molecule has 3 unspecified atom stereocenters. The van der Waals surface area contributed by atoms with Crippen LogP contribution in [0, 0.1) is 11.8 Å². The van der Waals surface area contributed by atoms with Gasteiger partial charge in [0, 0.05) is 0 Å². The maximum Gasteiger partial charge on any atom is 0.320 e. The fraction of sp³-hybridized carbons (Fsp3) is 0.909. The first-order valence-corrected chi connectivity index (χ1v) is 5.92. The molecular weight excluding hydrogens is 192 g/mol. The lowest BCUT2D eigenvalue weighted by Gasteiger charge is -2.24. The molecule has 0 spiro atoms. The molecule has 2 fully saturated rings. The van der Waals surface area contributed by atoms with Crippen molar-refractivity contribution in [2.45, 2.75) is 31.7 Å². The van der Waals surface area contributed by atoms with Crippen molar-refractivity contribution >= 4 is 5.97 Å². The summed E-state index contributed by atoms with van der Waals surface area (Å²) in [7, 11) is 0. The van der Waals surface area contributed by atoms with Crippen LogP contribution in [0.5, 0.6) is 0 Å². The number of aliphatic carboxylic acids is 1. The van der Waals surface area contributed by atoms with Crippen molar-refractivity contribution in [1.82, 2.24) is 10.6 Å². The zero-order valence-corrected chi connectivity index (χ0v) is 9.04. The highest BCUT2D eigenvalue weighted by Crippen LogP contribution is 2.25. The zero-order valence-electron chi connectivity index (χ0n) is 9.04. The first-order valence-electron chi connectivity index (χ1n) is 5.92. The molecule has 3 atom stereocenters. The lowest BCUT2D eigenvalue weighted by molar-refractivity contribution is -0.139. The number of hydrogen-bond donors (Lipinski definition) is 3. The third-order valence-electron chi connectivity index (χ3n) is 3.59. The standard InChI is InChI=1S/C11H20N2O2/c14-11(15)10-5-9(7-13-10)4-8-2-1-3-12-6-8/h8-10,12-13H,1-7H2,(H,14,15). The van der Waals surface area contributed by atoms with Gasteiger partial charge in [0.25, 0.3) is 0 Å². The number of piperidine rings is 1. The van der Waals surface area contributed by atoms with Gasteiger partial charge in [-0.2, -0.15) is 0 Å². The second-order valence-electron chi connectivity index (χ2n) is 4.85. The molecule has 0 aliphatic carbocycles. The fourth-order valence-electron chi connectivity index (χ4n) is 2.77. The van der Waals surface area contributed by atoms with E-state index >= 15 is 0 Å². The molecule has 0 radical (unpaired) electrons. The Balaban J connectivity index is 1.74. The minimum Gasteiger partial charge on any atom is -0.480 e. The molecule has 0 bridgehead atoms. The second kappa shape index (κ2) is 4.94. The van der Waals surface area contributed by atoms with Crippen LogP contribution in [0.3, 0.4) is 0 Å². The zero-order chi connectivity index (χ0) is 10.7. The molecule has 3 N–H and O–H groups in total. The molecule has 0 amide bonds. The molecule has 2 heterocycles. The van der Waals surface area contributed by atoms with Crippen LogP contribution in [0.2, 0.25) is 0 Å². The monoisotopic (exact) mass is 212 g/mol. The molecule has 0 aromatic heterocycles. The largest absolute Gasteiger partial charge is 0.480 e. The Kier molecular flexibility index (Phi) is 3.59. The molecule has 0 aromatic rings. The van der Waals surface area contributed by atoms with Gasteiger partial charge < -0.3 is 15.7 Å². The highest BCUT2D eigenvalue weighted by molar-refractivity contribution is 5.73. The molecule has 0 saturated carbocycles. The average molecular weight is 212 g/mol. The number of carboxylic acids is 1. The smallest absolute Gasteiger partial charge is 0.320 e. The Bertz CT molecular complexity index is 227. The maximum atomic E-state index is 10.8. The number of carboxylic acid groups (broad SMARTS) is 1. The Hall–Kier alpha value is -0.610. The number of hydrogen-bond acceptors (Lipinski definition) is 3. The molecule has 2 rings (SSSR count). The van der Waals surface area contributed by atoms with E-state index in [0.717, 1.165) is 32.0 Å². The maximum absolute atomic E-state index is 10.8. The van der Waals surface area contributed by atoms with Crippen molar-refractivity contribution < 1.29 is 9.90 Å². The van der Waals surface area contributed by atoms with Crippen LogP contribution in [0.25, 0.3) is 0 Å². The molecule has 86 valence electrons.